The van der Waals surface area contributed by atoms with Crippen molar-refractivity contribution >= 4 is 5.97 Å². The molecule has 2 aromatic rings. The summed E-state index contributed by atoms with van der Waals surface area (Å²) in [5, 5.41) is 0. The Kier molecular flexibility index (Phi) is 3.45. The van der Waals surface area contributed by atoms with Gasteiger partial charge in [0.2, 0.25) is 0 Å². The molecule has 0 fully saturated rings. The normalized spacial score (nSPS) is 9.94. The molecule has 4 heteroatoms. The molecule has 1 aromatic heterocycles. The Bertz CT molecular complexity index is 475. The lowest BCUT2D eigenvalue weighted by atomic mass is 10.1. The van der Waals surface area contributed by atoms with E-state index in [4.69, 9.17) is 0 Å². The molecule has 4 nitrogen and oxygen atoms in total. The van der Waals surface area contributed by atoms with Crippen LogP contribution >= 0.6 is 0 Å². The highest BCUT2D eigenvalue weighted by atomic mass is 16.5. The molecule has 1 aromatic carbocycles. The third-order valence-corrected chi connectivity index (χ3v) is 2.45. The SMILES string of the molecule is COC(=O)c1ccc(CNn2cccc2)cc1. The van der Waals surface area contributed by atoms with E-state index in [1.807, 2.05) is 41.3 Å². The van der Waals surface area contributed by atoms with Gasteiger partial charge in [0.25, 0.3) is 0 Å². The molecule has 2 rings (SSSR count). The lowest BCUT2D eigenvalue weighted by molar-refractivity contribution is 0.0600. The average molecular weight is 230 g/mol. The van der Waals surface area contributed by atoms with Crippen LogP contribution in [-0.4, -0.2) is 17.8 Å². The highest BCUT2D eigenvalue weighted by molar-refractivity contribution is 5.89. The number of hydrogen-bond acceptors (Lipinski definition) is 3. The van der Waals surface area contributed by atoms with Gasteiger partial charge < -0.3 is 10.2 Å². The number of nitrogens with zero attached hydrogens (tertiary/aromatic N) is 1. The molecule has 0 aliphatic rings. The fraction of sp³-hybridized carbons (Fsp3) is 0.154. The topological polar surface area (TPSA) is 43.3 Å². The van der Waals surface area contributed by atoms with E-state index < -0.39 is 0 Å². The first-order valence-electron chi connectivity index (χ1n) is 5.33. The maximum absolute atomic E-state index is 11.2. The molecule has 0 atom stereocenters. The molecule has 0 amide bonds. The molecule has 0 aliphatic carbocycles. The Labute approximate surface area is 99.8 Å². The predicted molar refractivity (Wildman–Crippen MR) is 65.3 cm³/mol. The highest BCUT2D eigenvalue weighted by Gasteiger charge is 2.03. The molecule has 0 saturated heterocycles. The van der Waals surface area contributed by atoms with Gasteiger partial charge in [0.15, 0.2) is 0 Å². The summed E-state index contributed by atoms with van der Waals surface area (Å²) in [5.41, 5.74) is 4.87. The van der Waals surface area contributed by atoms with Gasteiger partial charge in [-0.1, -0.05) is 12.1 Å². The number of esters is 1. The Hall–Kier alpha value is -2.23. The molecule has 17 heavy (non-hydrogen) atoms. The van der Waals surface area contributed by atoms with Crippen molar-refractivity contribution in [2.45, 2.75) is 6.54 Å². The van der Waals surface area contributed by atoms with E-state index in [9.17, 15) is 4.79 Å². The smallest absolute Gasteiger partial charge is 0.337 e. The number of methoxy groups -OCH3 is 1. The van der Waals surface area contributed by atoms with E-state index in [0.717, 1.165) is 5.56 Å². The third-order valence-electron chi connectivity index (χ3n) is 2.45. The van der Waals surface area contributed by atoms with Crippen LogP contribution < -0.4 is 5.43 Å². The van der Waals surface area contributed by atoms with Gasteiger partial charge in [-0.25, -0.2) is 4.79 Å². The summed E-state index contributed by atoms with van der Waals surface area (Å²) in [7, 11) is 1.38. The minimum Gasteiger partial charge on any atom is -0.465 e. The first-order valence-corrected chi connectivity index (χ1v) is 5.33. The summed E-state index contributed by atoms with van der Waals surface area (Å²) in [5.74, 6) is -0.310. The fourth-order valence-electron chi connectivity index (χ4n) is 1.50. The first-order chi connectivity index (χ1) is 8.29. The van der Waals surface area contributed by atoms with E-state index in [0.29, 0.717) is 12.1 Å². The average Bonchev–Trinajstić information content (AvgIpc) is 2.89. The largest absolute Gasteiger partial charge is 0.465 e. The van der Waals surface area contributed by atoms with Crippen LogP contribution in [0.4, 0.5) is 0 Å². The van der Waals surface area contributed by atoms with Gasteiger partial charge in [0.1, 0.15) is 0 Å². The Balaban J connectivity index is 1.96. The van der Waals surface area contributed by atoms with Crippen molar-refractivity contribution in [1.82, 2.24) is 4.68 Å². The van der Waals surface area contributed by atoms with E-state index in [1.54, 1.807) is 12.1 Å². The molecular weight excluding hydrogens is 216 g/mol. The van der Waals surface area contributed by atoms with Crippen LogP contribution in [0.1, 0.15) is 15.9 Å². The monoisotopic (exact) mass is 230 g/mol. The van der Waals surface area contributed by atoms with Crippen molar-refractivity contribution in [2.75, 3.05) is 12.5 Å². The fourth-order valence-corrected chi connectivity index (χ4v) is 1.50. The van der Waals surface area contributed by atoms with Crippen molar-refractivity contribution in [1.29, 1.82) is 0 Å². The Morgan fingerprint density at radius 3 is 2.47 bits per heavy atom. The van der Waals surface area contributed by atoms with Gasteiger partial charge in [-0.3, -0.25) is 4.68 Å². The lowest BCUT2D eigenvalue weighted by Gasteiger charge is -2.07. The van der Waals surface area contributed by atoms with Gasteiger partial charge in [-0.05, 0) is 29.8 Å². The number of benzene rings is 1. The summed E-state index contributed by atoms with van der Waals surface area (Å²) in [6, 6.07) is 11.2. The van der Waals surface area contributed by atoms with Crippen molar-refractivity contribution in [2.24, 2.45) is 0 Å². The maximum atomic E-state index is 11.2. The van der Waals surface area contributed by atoms with E-state index >= 15 is 0 Å². The lowest BCUT2D eigenvalue weighted by Crippen LogP contribution is -2.11. The summed E-state index contributed by atoms with van der Waals surface area (Å²) in [6.07, 6.45) is 3.87. The maximum Gasteiger partial charge on any atom is 0.337 e. The molecule has 1 heterocycles. The van der Waals surface area contributed by atoms with Crippen LogP contribution in [0.3, 0.4) is 0 Å². The zero-order valence-corrected chi connectivity index (χ0v) is 9.59. The van der Waals surface area contributed by atoms with Gasteiger partial charge in [0.05, 0.1) is 19.2 Å². The van der Waals surface area contributed by atoms with Gasteiger partial charge in [-0.2, -0.15) is 0 Å². The first kappa shape index (κ1) is 11.3. The number of rotatable bonds is 4. The quantitative estimate of drug-likeness (QED) is 0.817. The van der Waals surface area contributed by atoms with Gasteiger partial charge in [-0.15, -0.1) is 0 Å². The van der Waals surface area contributed by atoms with Gasteiger partial charge >= 0.3 is 5.97 Å². The van der Waals surface area contributed by atoms with Crippen LogP contribution in [0.15, 0.2) is 48.8 Å². The second-order valence-corrected chi connectivity index (χ2v) is 3.61. The zero-order valence-electron chi connectivity index (χ0n) is 9.59. The Morgan fingerprint density at radius 2 is 1.88 bits per heavy atom. The summed E-state index contributed by atoms with van der Waals surface area (Å²) < 4.78 is 6.52. The minimum atomic E-state index is -0.310. The van der Waals surface area contributed by atoms with Crippen molar-refractivity contribution in [3.63, 3.8) is 0 Å². The van der Waals surface area contributed by atoms with E-state index in [1.165, 1.54) is 7.11 Å². The molecule has 0 spiro atoms. The van der Waals surface area contributed by atoms with Crippen LogP contribution in [0, 0.1) is 0 Å². The van der Waals surface area contributed by atoms with E-state index in [2.05, 4.69) is 10.2 Å². The molecule has 1 N–H and O–H groups in total. The second-order valence-electron chi connectivity index (χ2n) is 3.61. The van der Waals surface area contributed by atoms with Crippen LogP contribution in [0.5, 0.6) is 0 Å². The summed E-state index contributed by atoms with van der Waals surface area (Å²) in [4.78, 5) is 11.2. The van der Waals surface area contributed by atoms with Crippen molar-refractivity contribution in [3.8, 4) is 0 Å². The molecule has 88 valence electrons. The Morgan fingerprint density at radius 1 is 1.24 bits per heavy atom. The minimum absolute atomic E-state index is 0.310. The number of nitrogens with one attached hydrogen (secondary N) is 1. The number of ether oxygens (including phenoxy) is 1. The van der Waals surface area contributed by atoms with E-state index in [-0.39, 0.29) is 5.97 Å². The number of carbonyl (C=O) groups excluding carboxylic acids is 1. The summed E-state index contributed by atoms with van der Waals surface area (Å²) >= 11 is 0. The molecule has 0 saturated carbocycles. The number of hydrogen-bond donors (Lipinski definition) is 1. The highest BCUT2D eigenvalue weighted by Crippen LogP contribution is 2.06. The summed E-state index contributed by atoms with van der Waals surface area (Å²) in [6.45, 7) is 0.704. The predicted octanol–water partition coefficient (Wildman–Crippen LogP) is 2.02. The van der Waals surface area contributed by atoms with Crippen LogP contribution in [0.2, 0.25) is 0 Å². The number of aromatic nitrogens is 1. The molecular formula is C13H14N2O2. The number of carbonyl (C=O) groups is 1. The third kappa shape index (κ3) is 2.87. The molecule has 0 aliphatic heterocycles. The van der Waals surface area contributed by atoms with Crippen LogP contribution in [0.25, 0.3) is 0 Å². The van der Waals surface area contributed by atoms with Crippen molar-refractivity contribution in [3.05, 3.63) is 59.9 Å². The zero-order chi connectivity index (χ0) is 12.1. The molecule has 0 unspecified atom stereocenters. The van der Waals surface area contributed by atoms with Crippen LogP contribution in [-0.2, 0) is 11.3 Å². The second kappa shape index (κ2) is 5.21. The molecule has 0 bridgehead atoms. The standard InChI is InChI=1S/C13H14N2O2/c1-17-13(16)12-6-4-11(5-7-12)10-14-15-8-2-3-9-15/h2-9,14H,10H2,1H3. The molecule has 0 radical (unpaired) electrons. The van der Waals surface area contributed by atoms with Gasteiger partial charge in [0, 0.05) is 12.4 Å². The van der Waals surface area contributed by atoms with Crippen molar-refractivity contribution < 1.29 is 9.53 Å².